The maximum Gasteiger partial charge on any atom is 0.322 e. The molecule has 1 aliphatic rings. The Morgan fingerprint density at radius 1 is 1.38 bits per heavy atom. The van der Waals surface area contributed by atoms with Crippen molar-refractivity contribution in [2.24, 2.45) is 0 Å². The molecule has 26 heavy (non-hydrogen) atoms. The Kier molecular flexibility index (Phi) is 4.53. The smallest absolute Gasteiger partial charge is 0.322 e. The van der Waals surface area contributed by atoms with Crippen LogP contribution in [0.5, 0.6) is 0 Å². The van der Waals surface area contributed by atoms with Gasteiger partial charge >= 0.3 is 6.03 Å². The van der Waals surface area contributed by atoms with Crippen LogP contribution >= 0.6 is 0 Å². The summed E-state index contributed by atoms with van der Waals surface area (Å²) in [5, 5.41) is 11.4. The van der Waals surface area contributed by atoms with Crippen LogP contribution < -0.4 is 5.32 Å². The number of nitrogens with zero attached hydrogens (tertiary/aromatic N) is 6. The number of nitrogens with one attached hydrogen (secondary N) is 1. The standard InChI is InChI=1S/C17H21N7O2/c1-13-19-16-15(5-2-9-24(16)21-13)20-17(25)22-7-4-10-26-14(11-22)12-23-8-3-6-18-23/h2-3,5-6,8-9,14H,4,7,10-12H2,1H3,(H,20,25)/t14-/m1/s1. The molecule has 0 spiro atoms. The largest absolute Gasteiger partial charge is 0.374 e. The molecule has 3 aromatic heterocycles. The van der Waals surface area contributed by atoms with Gasteiger partial charge in [0.2, 0.25) is 0 Å². The van der Waals surface area contributed by atoms with Gasteiger partial charge in [0.25, 0.3) is 0 Å². The van der Waals surface area contributed by atoms with Crippen LogP contribution in [0.3, 0.4) is 0 Å². The van der Waals surface area contributed by atoms with Crippen molar-refractivity contribution < 1.29 is 9.53 Å². The molecule has 4 heterocycles. The van der Waals surface area contributed by atoms with Gasteiger partial charge < -0.3 is 15.0 Å². The van der Waals surface area contributed by atoms with Crippen molar-refractivity contribution in [1.29, 1.82) is 0 Å². The number of ether oxygens (including phenoxy) is 1. The van der Waals surface area contributed by atoms with E-state index in [0.717, 1.165) is 6.42 Å². The molecule has 4 rings (SSSR count). The molecule has 2 amide bonds. The molecule has 1 fully saturated rings. The zero-order valence-corrected chi connectivity index (χ0v) is 14.6. The average molecular weight is 355 g/mol. The number of anilines is 1. The van der Waals surface area contributed by atoms with Gasteiger partial charge in [0.15, 0.2) is 5.65 Å². The zero-order valence-electron chi connectivity index (χ0n) is 14.6. The summed E-state index contributed by atoms with van der Waals surface area (Å²) in [4.78, 5) is 19.0. The van der Waals surface area contributed by atoms with Crippen molar-refractivity contribution in [2.75, 3.05) is 25.0 Å². The van der Waals surface area contributed by atoms with Gasteiger partial charge in [-0.2, -0.15) is 10.2 Å². The predicted molar refractivity (Wildman–Crippen MR) is 94.9 cm³/mol. The first-order valence-corrected chi connectivity index (χ1v) is 8.66. The van der Waals surface area contributed by atoms with Crippen LogP contribution in [-0.2, 0) is 11.3 Å². The molecule has 136 valence electrons. The summed E-state index contributed by atoms with van der Waals surface area (Å²) < 4.78 is 9.36. The number of hydrogen-bond donors (Lipinski definition) is 1. The van der Waals surface area contributed by atoms with E-state index in [9.17, 15) is 4.79 Å². The van der Waals surface area contributed by atoms with Crippen molar-refractivity contribution in [3.05, 3.63) is 42.6 Å². The molecule has 9 heteroatoms. The number of fused-ring (bicyclic) bond motifs is 1. The zero-order chi connectivity index (χ0) is 17.9. The van der Waals surface area contributed by atoms with E-state index >= 15 is 0 Å². The molecule has 9 nitrogen and oxygen atoms in total. The van der Waals surface area contributed by atoms with Crippen LogP contribution in [-0.4, -0.2) is 61.1 Å². The number of hydrogen-bond acceptors (Lipinski definition) is 5. The fourth-order valence-corrected chi connectivity index (χ4v) is 3.11. The van der Waals surface area contributed by atoms with Gasteiger partial charge in [-0.25, -0.2) is 14.3 Å². The lowest BCUT2D eigenvalue weighted by molar-refractivity contribution is 0.0442. The average Bonchev–Trinajstić information content (AvgIpc) is 3.19. The van der Waals surface area contributed by atoms with Crippen molar-refractivity contribution in [3.63, 3.8) is 0 Å². The molecular formula is C17H21N7O2. The van der Waals surface area contributed by atoms with Crippen LogP contribution in [0.25, 0.3) is 5.65 Å². The molecule has 0 saturated carbocycles. The summed E-state index contributed by atoms with van der Waals surface area (Å²) in [5.41, 5.74) is 1.28. The minimum Gasteiger partial charge on any atom is -0.374 e. The third-order valence-corrected chi connectivity index (χ3v) is 4.30. The van der Waals surface area contributed by atoms with E-state index in [1.165, 1.54) is 0 Å². The number of rotatable bonds is 3. The molecule has 0 aromatic carbocycles. The lowest BCUT2D eigenvalue weighted by Crippen LogP contribution is -2.41. The highest BCUT2D eigenvalue weighted by Crippen LogP contribution is 2.16. The van der Waals surface area contributed by atoms with Crippen molar-refractivity contribution in [3.8, 4) is 0 Å². The second kappa shape index (κ2) is 7.12. The van der Waals surface area contributed by atoms with Crippen LogP contribution in [0.4, 0.5) is 10.5 Å². The number of carbonyl (C=O) groups is 1. The third-order valence-electron chi connectivity index (χ3n) is 4.30. The predicted octanol–water partition coefficient (Wildman–Crippen LogP) is 1.56. The molecule has 1 aliphatic heterocycles. The lowest BCUT2D eigenvalue weighted by atomic mass is 10.3. The highest BCUT2D eigenvalue weighted by Gasteiger charge is 2.23. The van der Waals surface area contributed by atoms with E-state index in [-0.39, 0.29) is 12.1 Å². The first-order valence-electron chi connectivity index (χ1n) is 8.66. The highest BCUT2D eigenvalue weighted by atomic mass is 16.5. The molecule has 0 unspecified atom stereocenters. The molecular weight excluding hydrogens is 334 g/mol. The number of amides is 2. The Labute approximate surface area is 150 Å². The summed E-state index contributed by atoms with van der Waals surface area (Å²) in [6, 6.07) is 5.39. The lowest BCUT2D eigenvalue weighted by Gasteiger charge is -2.24. The van der Waals surface area contributed by atoms with E-state index in [1.807, 2.05) is 42.2 Å². The van der Waals surface area contributed by atoms with Gasteiger partial charge in [-0.05, 0) is 31.5 Å². The quantitative estimate of drug-likeness (QED) is 0.770. The first kappa shape index (κ1) is 16.5. The summed E-state index contributed by atoms with van der Waals surface area (Å²) in [6.07, 6.45) is 6.16. The van der Waals surface area contributed by atoms with Crippen LogP contribution in [0.2, 0.25) is 0 Å². The normalized spacial score (nSPS) is 18.0. The maximum atomic E-state index is 12.8. The molecule has 1 saturated heterocycles. The molecule has 0 aliphatic carbocycles. The summed E-state index contributed by atoms with van der Waals surface area (Å²) >= 11 is 0. The molecule has 3 aromatic rings. The van der Waals surface area contributed by atoms with Crippen molar-refractivity contribution in [2.45, 2.75) is 26.0 Å². The van der Waals surface area contributed by atoms with E-state index in [0.29, 0.717) is 43.4 Å². The Balaban J connectivity index is 1.47. The fraction of sp³-hybridized carbons (Fsp3) is 0.412. The van der Waals surface area contributed by atoms with Gasteiger partial charge in [0.1, 0.15) is 5.82 Å². The molecule has 1 atom stereocenters. The number of aryl methyl sites for hydroxylation is 1. The number of aromatic nitrogens is 5. The van der Waals surface area contributed by atoms with Crippen LogP contribution in [0.15, 0.2) is 36.8 Å². The fourth-order valence-electron chi connectivity index (χ4n) is 3.11. The Bertz CT molecular complexity index is 890. The number of pyridine rings is 1. The second-order valence-electron chi connectivity index (χ2n) is 6.30. The second-order valence-corrected chi connectivity index (χ2v) is 6.30. The summed E-state index contributed by atoms with van der Waals surface area (Å²) in [5.74, 6) is 0.661. The van der Waals surface area contributed by atoms with Crippen molar-refractivity contribution in [1.82, 2.24) is 29.3 Å². The number of carbonyl (C=O) groups excluding carboxylic acids is 1. The molecule has 0 bridgehead atoms. The van der Waals surface area contributed by atoms with Gasteiger partial charge in [0.05, 0.1) is 24.9 Å². The van der Waals surface area contributed by atoms with Gasteiger partial charge in [-0.15, -0.1) is 0 Å². The van der Waals surface area contributed by atoms with E-state index < -0.39 is 0 Å². The summed E-state index contributed by atoms with van der Waals surface area (Å²) in [7, 11) is 0. The minimum atomic E-state index is -0.158. The van der Waals surface area contributed by atoms with E-state index in [2.05, 4.69) is 20.5 Å². The van der Waals surface area contributed by atoms with Crippen LogP contribution in [0.1, 0.15) is 12.2 Å². The van der Waals surface area contributed by atoms with Gasteiger partial charge in [0, 0.05) is 31.7 Å². The SMILES string of the molecule is Cc1nc2c(NC(=O)N3CCCO[C@@H](Cn4cccn4)C3)cccn2n1. The summed E-state index contributed by atoms with van der Waals surface area (Å²) in [6.45, 7) is 4.24. The maximum absolute atomic E-state index is 12.8. The highest BCUT2D eigenvalue weighted by molar-refractivity contribution is 5.93. The third kappa shape index (κ3) is 3.52. The van der Waals surface area contributed by atoms with Gasteiger partial charge in [-0.1, -0.05) is 0 Å². The Morgan fingerprint density at radius 3 is 3.15 bits per heavy atom. The Morgan fingerprint density at radius 2 is 2.31 bits per heavy atom. The van der Waals surface area contributed by atoms with Gasteiger partial charge in [-0.3, -0.25) is 4.68 Å². The van der Waals surface area contributed by atoms with E-state index in [1.54, 1.807) is 15.6 Å². The minimum absolute atomic E-state index is 0.0886. The van der Waals surface area contributed by atoms with Crippen molar-refractivity contribution >= 4 is 17.4 Å². The molecule has 1 N–H and O–H groups in total. The topological polar surface area (TPSA) is 89.6 Å². The van der Waals surface area contributed by atoms with Crippen LogP contribution in [0, 0.1) is 6.92 Å². The monoisotopic (exact) mass is 355 g/mol. The van der Waals surface area contributed by atoms with E-state index in [4.69, 9.17) is 4.74 Å². The first-order chi connectivity index (χ1) is 12.7. The molecule has 0 radical (unpaired) electrons. The Hall–Kier alpha value is -2.94. The number of urea groups is 1.